The fourth-order valence-corrected chi connectivity index (χ4v) is 1.46. The topological polar surface area (TPSA) is 30.2 Å². The highest BCUT2D eigenvalue weighted by Gasteiger charge is 2.31. The van der Waals surface area contributed by atoms with Gasteiger partial charge in [-0.25, -0.2) is 9.50 Å². The van der Waals surface area contributed by atoms with E-state index >= 15 is 0 Å². The van der Waals surface area contributed by atoms with Gasteiger partial charge in [0.15, 0.2) is 5.65 Å². The number of aryl methyl sites for hydroxylation is 1. The molecule has 0 radical (unpaired) electrons. The Morgan fingerprint density at radius 1 is 1.33 bits per heavy atom. The summed E-state index contributed by atoms with van der Waals surface area (Å²) in [5.41, 5.74) is -0.736. The number of halogens is 4. The van der Waals surface area contributed by atoms with Crippen molar-refractivity contribution < 1.29 is 13.2 Å². The molecule has 7 heteroatoms. The van der Waals surface area contributed by atoms with E-state index in [1.807, 2.05) is 0 Å². The molecule has 80 valence electrons. The standard InChI is InChI=1S/C8H5ClF3N3/c1-4-13-7-3-5(8(10,11)12)2-6(9)15(7)14-4/h2-3H,1H3. The number of aromatic nitrogens is 3. The van der Waals surface area contributed by atoms with Crippen molar-refractivity contribution in [1.29, 1.82) is 0 Å². The minimum atomic E-state index is -4.43. The van der Waals surface area contributed by atoms with Crippen LogP contribution < -0.4 is 0 Å². The van der Waals surface area contributed by atoms with E-state index < -0.39 is 11.7 Å². The van der Waals surface area contributed by atoms with Gasteiger partial charge in [-0.15, -0.1) is 0 Å². The van der Waals surface area contributed by atoms with E-state index in [9.17, 15) is 13.2 Å². The maximum atomic E-state index is 12.4. The van der Waals surface area contributed by atoms with Crippen molar-refractivity contribution in [3.8, 4) is 0 Å². The van der Waals surface area contributed by atoms with Gasteiger partial charge in [-0.3, -0.25) is 0 Å². The van der Waals surface area contributed by atoms with Gasteiger partial charge in [0, 0.05) is 0 Å². The molecule has 2 rings (SSSR count). The van der Waals surface area contributed by atoms with Gasteiger partial charge in [0.1, 0.15) is 11.0 Å². The van der Waals surface area contributed by atoms with Crippen LogP contribution in [-0.2, 0) is 6.18 Å². The SMILES string of the molecule is Cc1nc2cc(C(F)(F)F)cc(Cl)n2n1. The third-order valence-corrected chi connectivity index (χ3v) is 2.10. The highest BCUT2D eigenvalue weighted by atomic mass is 35.5. The first-order chi connectivity index (χ1) is 6.88. The van der Waals surface area contributed by atoms with E-state index in [2.05, 4.69) is 10.1 Å². The largest absolute Gasteiger partial charge is 0.416 e. The van der Waals surface area contributed by atoms with Gasteiger partial charge in [0.05, 0.1) is 5.56 Å². The van der Waals surface area contributed by atoms with Crippen LogP contribution in [0, 0.1) is 6.92 Å². The number of hydrogen-bond donors (Lipinski definition) is 0. The maximum Gasteiger partial charge on any atom is 0.416 e. The Hall–Kier alpha value is -1.30. The second-order valence-electron chi connectivity index (χ2n) is 2.99. The predicted octanol–water partition coefficient (Wildman–Crippen LogP) is 2.71. The molecule has 0 aromatic carbocycles. The van der Waals surface area contributed by atoms with Crippen LogP contribution in [0.25, 0.3) is 5.65 Å². The van der Waals surface area contributed by atoms with Crippen LogP contribution in [0.15, 0.2) is 12.1 Å². The lowest BCUT2D eigenvalue weighted by Crippen LogP contribution is -2.06. The molecule has 0 saturated carbocycles. The van der Waals surface area contributed by atoms with Crippen molar-refractivity contribution in [1.82, 2.24) is 14.6 Å². The molecule has 2 aromatic rings. The zero-order valence-corrected chi connectivity index (χ0v) is 8.26. The average Bonchev–Trinajstić information content (AvgIpc) is 2.44. The molecule has 0 atom stereocenters. The molecule has 0 aliphatic rings. The molecule has 2 aromatic heterocycles. The van der Waals surface area contributed by atoms with Crippen molar-refractivity contribution >= 4 is 17.2 Å². The molecule has 0 aliphatic heterocycles. The van der Waals surface area contributed by atoms with Gasteiger partial charge in [-0.1, -0.05) is 11.6 Å². The minimum Gasteiger partial charge on any atom is -0.212 e. The van der Waals surface area contributed by atoms with Crippen molar-refractivity contribution in [2.24, 2.45) is 0 Å². The molecule has 0 bridgehead atoms. The van der Waals surface area contributed by atoms with Crippen LogP contribution in [0.1, 0.15) is 11.4 Å². The fraction of sp³-hybridized carbons (Fsp3) is 0.250. The number of hydrogen-bond acceptors (Lipinski definition) is 2. The Labute approximate surface area is 87.5 Å². The lowest BCUT2D eigenvalue weighted by Gasteiger charge is -2.06. The van der Waals surface area contributed by atoms with Crippen LogP contribution in [0.2, 0.25) is 5.15 Å². The van der Waals surface area contributed by atoms with Crippen molar-refractivity contribution in [2.75, 3.05) is 0 Å². The molecule has 0 unspecified atom stereocenters. The lowest BCUT2D eigenvalue weighted by molar-refractivity contribution is -0.137. The number of pyridine rings is 1. The Kier molecular flexibility index (Phi) is 2.11. The molecular formula is C8H5ClF3N3. The summed E-state index contributed by atoms with van der Waals surface area (Å²) in [5.74, 6) is 0.372. The van der Waals surface area contributed by atoms with Gasteiger partial charge in [0.25, 0.3) is 0 Å². The molecule has 0 spiro atoms. The molecule has 15 heavy (non-hydrogen) atoms. The molecule has 0 N–H and O–H groups in total. The molecule has 3 nitrogen and oxygen atoms in total. The monoisotopic (exact) mass is 235 g/mol. The first kappa shape index (κ1) is 10.2. The normalized spacial score (nSPS) is 12.3. The summed E-state index contributed by atoms with van der Waals surface area (Å²) in [6, 6.07) is 1.73. The zero-order chi connectivity index (χ0) is 11.2. The van der Waals surface area contributed by atoms with Gasteiger partial charge >= 0.3 is 6.18 Å². The molecule has 0 aliphatic carbocycles. The Morgan fingerprint density at radius 2 is 2.00 bits per heavy atom. The van der Waals surface area contributed by atoms with Gasteiger partial charge < -0.3 is 0 Å². The summed E-state index contributed by atoms with van der Waals surface area (Å²) < 4.78 is 38.3. The van der Waals surface area contributed by atoms with Crippen molar-refractivity contribution in [3.05, 3.63) is 28.7 Å². The first-order valence-electron chi connectivity index (χ1n) is 3.98. The molecule has 0 saturated heterocycles. The summed E-state index contributed by atoms with van der Waals surface area (Å²) in [4.78, 5) is 3.82. The van der Waals surface area contributed by atoms with E-state index in [0.29, 0.717) is 5.82 Å². The predicted molar refractivity (Wildman–Crippen MR) is 47.7 cm³/mol. The van der Waals surface area contributed by atoms with Crippen molar-refractivity contribution in [3.63, 3.8) is 0 Å². The van der Waals surface area contributed by atoms with E-state index in [1.54, 1.807) is 6.92 Å². The Balaban J connectivity index is 2.72. The van der Waals surface area contributed by atoms with Crippen LogP contribution in [-0.4, -0.2) is 14.6 Å². The quantitative estimate of drug-likeness (QED) is 0.657. The zero-order valence-electron chi connectivity index (χ0n) is 7.51. The number of rotatable bonds is 0. The third kappa shape index (κ3) is 1.77. The number of fused-ring (bicyclic) bond motifs is 1. The second-order valence-corrected chi connectivity index (χ2v) is 3.38. The number of alkyl halides is 3. The summed E-state index contributed by atoms with van der Waals surface area (Å²) in [5, 5.41) is 3.73. The van der Waals surface area contributed by atoms with Crippen LogP contribution in [0.4, 0.5) is 13.2 Å². The Morgan fingerprint density at radius 3 is 2.60 bits per heavy atom. The van der Waals surface area contributed by atoms with Gasteiger partial charge in [-0.05, 0) is 19.1 Å². The third-order valence-electron chi connectivity index (χ3n) is 1.83. The van der Waals surface area contributed by atoms with E-state index in [1.165, 1.54) is 0 Å². The smallest absolute Gasteiger partial charge is 0.212 e. The number of nitrogens with zero attached hydrogens (tertiary/aromatic N) is 3. The minimum absolute atomic E-state index is 0.0901. The summed E-state index contributed by atoms with van der Waals surface area (Å²) in [7, 11) is 0. The van der Waals surface area contributed by atoms with Crippen LogP contribution >= 0.6 is 11.6 Å². The highest BCUT2D eigenvalue weighted by Crippen LogP contribution is 2.31. The van der Waals surface area contributed by atoms with E-state index in [4.69, 9.17) is 11.6 Å². The van der Waals surface area contributed by atoms with Crippen LogP contribution in [0.3, 0.4) is 0 Å². The summed E-state index contributed by atoms with van der Waals surface area (Å²) in [6.07, 6.45) is -4.43. The Bertz CT molecular complexity index is 518. The van der Waals surface area contributed by atoms with E-state index in [-0.39, 0.29) is 10.8 Å². The van der Waals surface area contributed by atoms with Gasteiger partial charge in [0.2, 0.25) is 0 Å². The molecular weight excluding hydrogens is 231 g/mol. The highest BCUT2D eigenvalue weighted by molar-refractivity contribution is 6.29. The second kappa shape index (κ2) is 3.10. The summed E-state index contributed by atoms with van der Waals surface area (Å²) >= 11 is 5.64. The molecule has 2 heterocycles. The van der Waals surface area contributed by atoms with Gasteiger partial charge in [-0.2, -0.15) is 18.3 Å². The average molecular weight is 236 g/mol. The van der Waals surface area contributed by atoms with Crippen molar-refractivity contribution in [2.45, 2.75) is 13.1 Å². The first-order valence-corrected chi connectivity index (χ1v) is 4.36. The lowest BCUT2D eigenvalue weighted by atomic mass is 10.2. The molecule has 0 amide bonds. The maximum absolute atomic E-state index is 12.4. The summed E-state index contributed by atoms with van der Waals surface area (Å²) in [6.45, 7) is 1.58. The molecule has 0 fully saturated rings. The van der Waals surface area contributed by atoms with Crippen LogP contribution in [0.5, 0.6) is 0 Å². The fourth-order valence-electron chi connectivity index (χ4n) is 1.22. The van der Waals surface area contributed by atoms with E-state index in [0.717, 1.165) is 16.6 Å².